The van der Waals surface area contributed by atoms with E-state index in [1.807, 2.05) is 22.8 Å². The highest BCUT2D eigenvalue weighted by Gasteiger charge is 2.24. The molecular formula is C21H22N4O2. The molecule has 0 aliphatic rings. The summed E-state index contributed by atoms with van der Waals surface area (Å²) in [5, 5.41) is 1.08. The lowest BCUT2D eigenvalue weighted by Gasteiger charge is -2.10. The first-order valence-electron chi connectivity index (χ1n) is 9.07. The average molecular weight is 362 g/mol. The molecule has 6 nitrogen and oxygen atoms in total. The summed E-state index contributed by atoms with van der Waals surface area (Å²) in [4.78, 5) is 21.7. The summed E-state index contributed by atoms with van der Waals surface area (Å²) < 4.78 is 9.25. The number of rotatable bonds is 6. The molecular weight excluding hydrogens is 340 g/mol. The van der Waals surface area contributed by atoms with Crippen molar-refractivity contribution in [3.63, 3.8) is 0 Å². The van der Waals surface area contributed by atoms with Crippen molar-refractivity contribution in [2.45, 2.75) is 26.3 Å². The summed E-state index contributed by atoms with van der Waals surface area (Å²) in [7, 11) is 1.60. The van der Waals surface area contributed by atoms with Gasteiger partial charge in [-0.15, -0.1) is 0 Å². The molecule has 0 aliphatic heterocycles. The van der Waals surface area contributed by atoms with E-state index < -0.39 is 0 Å². The number of ketones is 1. The average Bonchev–Trinajstić information content (AvgIpc) is 3.21. The smallest absolute Gasteiger partial charge is 0.234 e. The Kier molecular flexibility index (Phi) is 4.49. The van der Waals surface area contributed by atoms with Gasteiger partial charge >= 0.3 is 0 Å². The minimum Gasteiger partial charge on any atom is -0.384 e. The number of fused-ring (bicyclic) bond motifs is 3. The van der Waals surface area contributed by atoms with Crippen LogP contribution in [0.1, 0.15) is 36.8 Å². The van der Waals surface area contributed by atoms with Gasteiger partial charge in [0.2, 0.25) is 5.95 Å². The summed E-state index contributed by atoms with van der Waals surface area (Å²) in [6.45, 7) is 4.68. The maximum atomic E-state index is 12.9. The van der Waals surface area contributed by atoms with Crippen LogP contribution in [-0.4, -0.2) is 38.6 Å². The van der Waals surface area contributed by atoms with Gasteiger partial charge in [-0.05, 0) is 32.0 Å². The molecule has 0 saturated heterocycles. The summed E-state index contributed by atoms with van der Waals surface area (Å²) in [5.41, 5.74) is 3.70. The van der Waals surface area contributed by atoms with Crippen LogP contribution in [0.3, 0.4) is 0 Å². The lowest BCUT2D eigenvalue weighted by Crippen LogP contribution is -2.11. The molecule has 6 heteroatoms. The maximum absolute atomic E-state index is 12.9. The van der Waals surface area contributed by atoms with Crippen molar-refractivity contribution in [3.8, 4) is 5.95 Å². The van der Waals surface area contributed by atoms with E-state index in [9.17, 15) is 4.79 Å². The van der Waals surface area contributed by atoms with Gasteiger partial charge in [0, 0.05) is 37.4 Å². The Morgan fingerprint density at radius 3 is 2.56 bits per heavy atom. The van der Waals surface area contributed by atoms with E-state index >= 15 is 0 Å². The lowest BCUT2D eigenvalue weighted by atomic mass is 10.2. The molecule has 0 bridgehead atoms. The zero-order valence-corrected chi connectivity index (χ0v) is 15.7. The summed E-state index contributed by atoms with van der Waals surface area (Å²) in [6.07, 6.45) is 3.70. The van der Waals surface area contributed by atoms with Gasteiger partial charge < -0.3 is 9.30 Å². The lowest BCUT2D eigenvalue weighted by molar-refractivity contribution is 0.0925. The zero-order valence-electron chi connectivity index (χ0n) is 15.7. The van der Waals surface area contributed by atoms with Crippen molar-refractivity contribution in [2.24, 2.45) is 0 Å². The fraction of sp³-hybridized carbons (Fsp3) is 0.286. The van der Waals surface area contributed by atoms with Crippen LogP contribution in [0, 0.1) is 0 Å². The molecule has 0 fully saturated rings. The number of para-hydroxylation sites is 1. The van der Waals surface area contributed by atoms with Gasteiger partial charge in [-0.25, -0.2) is 9.97 Å². The highest BCUT2D eigenvalue weighted by atomic mass is 16.5. The Bertz CT molecular complexity index is 1110. The standard InChI is InChI=1S/C21H22N4O2/c1-14(2)24-16-8-5-4-7-15(16)20-18(24)13-17(19(26)9-12-27-3)25(20)21-22-10-6-11-23-21/h4-8,10-11,13-14H,9,12H2,1-3H3. The second-order valence-electron chi connectivity index (χ2n) is 6.79. The summed E-state index contributed by atoms with van der Waals surface area (Å²) >= 11 is 0. The van der Waals surface area contributed by atoms with Crippen LogP contribution >= 0.6 is 0 Å². The van der Waals surface area contributed by atoms with Crippen molar-refractivity contribution in [1.82, 2.24) is 19.1 Å². The topological polar surface area (TPSA) is 61.9 Å². The fourth-order valence-corrected chi connectivity index (χ4v) is 3.65. The van der Waals surface area contributed by atoms with Gasteiger partial charge in [0.1, 0.15) is 0 Å². The number of methoxy groups -OCH3 is 1. The number of Topliss-reactive ketones (excluding diaryl/α,β-unsaturated/α-hetero) is 1. The van der Waals surface area contributed by atoms with Crippen molar-refractivity contribution in [3.05, 3.63) is 54.5 Å². The van der Waals surface area contributed by atoms with Crippen molar-refractivity contribution < 1.29 is 9.53 Å². The van der Waals surface area contributed by atoms with Crippen molar-refractivity contribution in [2.75, 3.05) is 13.7 Å². The molecule has 4 rings (SSSR count). The third kappa shape index (κ3) is 2.82. The number of hydrogen-bond acceptors (Lipinski definition) is 4. The molecule has 0 aliphatic carbocycles. The van der Waals surface area contributed by atoms with Crippen LogP contribution in [0.25, 0.3) is 27.9 Å². The second-order valence-corrected chi connectivity index (χ2v) is 6.79. The van der Waals surface area contributed by atoms with E-state index in [-0.39, 0.29) is 11.8 Å². The van der Waals surface area contributed by atoms with Crippen LogP contribution in [0.5, 0.6) is 0 Å². The Balaban J connectivity index is 2.09. The first-order chi connectivity index (χ1) is 13.1. The Morgan fingerprint density at radius 1 is 1.11 bits per heavy atom. The van der Waals surface area contributed by atoms with Crippen LogP contribution in [0.15, 0.2) is 48.8 Å². The molecule has 0 N–H and O–H groups in total. The number of carbonyl (C=O) groups is 1. The normalized spacial score (nSPS) is 11.7. The van der Waals surface area contributed by atoms with E-state index in [1.165, 1.54) is 0 Å². The Hall–Kier alpha value is -2.99. The molecule has 1 aromatic carbocycles. The number of hydrogen-bond donors (Lipinski definition) is 0. The fourth-order valence-electron chi connectivity index (χ4n) is 3.65. The molecule has 3 heterocycles. The quantitative estimate of drug-likeness (QED) is 0.483. The third-order valence-electron chi connectivity index (χ3n) is 4.75. The van der Waals surface area contributed by atoms with Crippen molar-refractivity contribution >= 4 is 27.7 Å². The van der Waals surface area contributed by atoms with Gasteiger partial charge in [0.05, 0.1) is 28.9 Å². The SMILES string of the molecule is COCCC(=O)c1cc2c(c3ccccc3n2C(C)C)n1-c1ncccn1. The highest BCUT2D eigenvalue weighted by Crippen LogP contribution is 2.35. The van der Waals surface area contributed by atoms with E-state index in [0.717, 1.165) is 21.9 Å². The monoisotopic (exact) mass is 362 g/mol. The molecule has 4 aromatic rings. The maximum Gasteiger partial charge on any atom is 0.234 e. The van der Waals surface area contributed by atoms with Gasteiger partial charge in [-0.1, -0.05) is 18.2 Å². The van der Waals surface area contributed by atoms with E-state index in [0.29, 0.717) is 24.7 Å². The van der Waals surface area contributed by atoms with Crippen molar-refractivity contribution in [1.29, 1.82) is 0 Å². The van der Waals surface area contributed by atoms with Crippen LogP contribution in [0.2, 0.25) is 0 Å². The van der Waals surface area contributed by atoms with E-state index in [2.05, 4.69) is 40.5 Å². The number of nitrogens with zero attached hydrogens (tertiary/aromatic N) is 4. The predicted octanol–water partition coefficient (Wildman–Crippen LogP) is 4.18. The number of ether oxygens (including phenoxy) is 1. The van der Waals surface area contributed by atoms with Gasteiger partial charge in [-0.3, -0.25) is 9.36 Å². The molecule has 3 aromatic heterocycles. The number of aromatic nitrogens is 4. The Labute approximate surface area is 157 Å². The van der Waals surface area contributed by atoms with Gasteiger partial charge in [-0.2, -0.15) is 0 Å². The Morgan fingerprint density at radius 2 is 1.85 bits per heavy atom. The largest absolute Gasteiger partial charge is 0.384 e. The van der Waals surface area contributed by atoms with E-state index in [1.54, 1.807) is 25.6 Å². The highest BCUT2D eigenvalue weighted by molar-refractivity contribution is 6.11. The van der Waals surface area contributed by atoms with Gasteiger partial charge in [0.15, 0.2) is 5.78 Å². The molecule has 0 saturated carbocycles. The zero-order chi connectivity index (χ0) is 19.0. The predicted molar refractivity (Wildman–Crippen MR) is 106 cm³/mol. The van der Waals surface area contributed by atoms with Crippen LogP contribution < -0.4 is 0 Å². The minimum absolute atomic E-state index is 0.0138. The first kappa shape index (κ1) is 17.4. The third-order valence-corrected chi connectivity index (χ3v) is 4.75. The van der Waals surface area contributed by atoms with Crippen LogP contribution in [0.4, 0.5) is 0 Å². The molecule has 0 unspecified atom stereocenters. The molecule has 0 radical (unpaired) electrons. The molecule has 0 spiro atoms. The molecule has 0 atom stereocenters. The number of benzene rings is 1. The van der Waals surface area contributed by atoms with Crippen LogP contribution in [-0.2, 0) is 4.74 Å². The molecule has 27 heavy (non-hydrogen) atoms. The van der Waals surface area contributed by atoms with Gasteiger partial charge in [0.25, 0.3) is 0 Å². The number of carbonyl (C=O) groups excluding carboxylic acids is 1. The summed E-state index contributed by atoms with van der Waals surface area (Å²) in [5.74, 6) is 0.514. The molecule has 138 valence electrons. The second kappa shape index (κ2) is 6.96. The summed E-state index contributed by atoms with van der Waals surface area (Å²) in [6, 6.07) is 12.2. The molecule has 0 amide bonds. The minimum atomic E-state index is 0.0138. The first-order valence-corrected chi connectivity index (χ1v) is 9.07. The van der Waals surface area contributed by atoms with E-state index in [4.69, 9.17) is 4.74 Å².